The van der Waals surface area contributed by atoms with E-state index in [-0.39, 0.29) is 0 Å². The minimum atomic E-state index is 0.786. The minimum absolute atomic E-state index is 0.786. The highest BCUT2D eigenvalue weighted by atomic mass is 16.5. The minimum Gasteiger partial charge on any atom is -0.479 e. The maximum atomic E-state index is 5.93. The largest absolute Gasteiger partial charge is 0.479 e. The van der Waals surface area contributed by atoms with Gasteiger partial charge in [0.25, 0.3) is 0 Å². The third kappa shape index (κ3) is 14.7. The van der Waals surface area contributed by atoms with Gasteiger partial charge in [0, 0.05) is 12.1 Å². The van der Waals surface area contributed by atoms with Gasteiger partial charge in [-0.15, -0.1) is 0 Å². The predicted octanol–water partition coefficient (Wildman–Crippen LogP) is 10.6. The van der Waals surface area contributed by atoms with Gasteiger partial charge in [0.1, 0.15) is 0 Å². The molecule has 2 rings (SSSR count). The number of aromatic amines is 2. The predicted molar refractivity (Wildman–Crippen MR) is 155 cm³/mol. The first-order chi connectivity index (χ1) is 17.8. The van der Waals surface area contributed by atoms with Gasteiger partial charge in [-0.1, -0.05) is 129 Å². The molecule has 0 spiro atoms. The van der Waals surface area contributed by atoms with Gasteiger partial charge in [-0.05, 0) is 25.0 Å². The number of unbranched alkanes of at least 4 members (excludes halogenated alkanes) is 18. The van der Waals surface area contributed by atoms with Gasteiger partial charge in [0.15, 0.2) is 11.8 Å². The van der Waals surface area contributed by atoms with E-state index in [9.17, 15) is 0 Å². The molecule has 2 aromatic rings. The quantitative estimate of drug-likeness (QED) is 0.133. The van der Waals surface area contributed by atoms with Crippen LogP contribution < -0.4 is 9.47 Å². The maximum Gasteiger partial charge on any atom is 0.191 e. The molecule has 0 aromatic carbocycles. The first-order valence-electron chi connectivity index (χ1n) is 15.5. The molecule has 0 aliphatic rings. The van der Waals surface area contributed by atoms with E-state index in [0.29, 0.717) is 0 Å². The van der Waals surface area contributed by atoms with Gasteiger partial charge < -0.3 is 19.4 Å². The number of ether oxygens (including phenoxy) is 2. The number of hydrogen-bond donors (Lipinski definition) is 2. The van der Waals surface area contributed by atoms with Crippen LogP contribution in [0.4, 0.5) is 0 Å². The van der Waals surface area contributed by atoms with E-state index >= 15 is 0 Å². The fourth-order valence-electron chi connectivity index (χ4n) is 4.78. The average molecular weight is 501 g/mol. The van der Waals surface area contributed by atoms with Crippen molar-refractivity contribution < 1.29 is 9.47 Å². The van der Waals surface area contributed by atoms with Crippen LogP contribution in [0.15, 0.2) is 24.3 Å². The molecule has 4 nitrogen and oxygen atoms in total. The lowest BCUT2D eigenvalue weighted by atomic mass is 10.1. The first-order valence-corrected chi connectivity index (χ1v) is 15.5. The summed E-state index contributed by atoms with van der Waals surface area (Å²) in [6, 6.07) is 8.20. The zero-order chi connectivity index (χ0) is 25.5. The molecule has 0 fully saturated rings. The van der Waals surface area contributed by atoms with Crippen LogP contribution in [-0.4, -0.2) is 23.2 Å². The van der Waals surface area contributed by atoms with Crippen molar-refractivity contribution in [2.45, 2.75) is 142 Å². The molecule has 0 radical (unpaired) electrons. The molecule has 2 N–H and O–H groups in total. The molecule has 2 heterocycles. The number of aromatic nitrogens is 2. The smallest absolute Gasteiger partial charge is 0.191 e. The summed E-state index contributed by atoms with van der Waals surface area (Å²) in [7, 11) is 0. The Morgan fingerprint density at radius 2 is 0.722 bits per heavy atom. The highest BCUT2D eigenvalue weighted by Crippen LogP contribution is 2.24. The Bertz CT molecular complexity index is 674. The van der Waals surface area contributed by atoms with Gasteiger partial charge in [-0.3, -0.25) is 0 Å². The van der Waals surface area contributed by atoms with Crippen LogP contribution in [0.3, 0.4) is 0 Å². The van der Waals surface area contributed by atoms with E-state index in [1.807, 2.05) is 12.1 Å². The van der Waals surface area contributed by atoms with E-state index in [1.165, 1.54) is 116 Å². The van der Waals surface area contributed by atoms with Crippen molar-refractivity contribution in [2.75, 3.05) is 13.2 Å². The molecule has 0 aliphatic heterocycles. The molecule has 0 amide bonds. The Morgan fingerprint density at radius 1 is 0.417 bits per heavy atom. The molecule has 0 atom stereocenters. The van der Waals surface area contributed by atoms with Crippen LogP contribution in [0.2, 0.25) is 0 Å². The summed E-state index contributed by atoms with van der Waals surface area (Å²) in [6.45, 7) is 6.13. The third-order valence-electron chi connectivity index (χ3n) is 7.12. The standard InChI is InChI=1S/C32H56N2O2/c1-3-5-7-9-11-13-15-17-19-21-27-35-31-25-23-29(33-31)30-24-26-32(34-30)36-28-22-20-18-16-14-12-10-8-6-4-2/h23-26,33-34H,3-22,27-28H2,1-2H3. The summed E-state index contributed by atoms with van der Waals surface area (Å²) in [5.74, 6) is 1.70. The Balaban J connectivity index is 1.47. The molecule has 0 unspecified atom stereocenters. The Morgan fingerprint density at radius 3 is 1.06 bits per heavy atom. The SMILES string of the molecule is CCCCCCCCCCCCOc1ccc(-c2ccc(OCCCCCCCCCCCC)[nH]2)[nH]1. The zero-order valence-electron chi connectivity index (χ0n) is 23.7. The molecular weight excluding hydrogens is 444 g/mol. The lowest BCUT2D eigenvalue weighted by molar-refractivity contribution is 0.294. The van der Waals surface area contributed by atoms with Crippen molar-refractivity contribution in [1.29, 1.82) is 0 Å². The summed E-state index contributed by atoms with van der Waals surface area (Å²) in [4.78, 5) is 6.76. The Kier molecular flexibility index (Phi) is 17.9. The van der Waals surface area contributed by atoms with Crippen LogP contribution in [0, 0.1) is 0 Å². The fraction of sp³-hybridized carbons (Fsp3) is 0.750. The maximum absolute atomic E-state index is 5.93. The van der Waals surface area contributed by atoms with Crippen molar-refractivity contribution >= 4 is 0 Å². The number of nitrogens with one attached hydrogen (secondary N) is 2. The average Bonchev–Trinajstić information content (AvgIpc) is 3.55. The second kappa shape index (κ2) is 21.3. The summed E-state index contributed by atoms with van der Waals surface area (Å²) in [5.41, 5.74) is 2.09. The number of rotatable bonds is 25. The molecular formula is C32H56N2O2. The molecule has 0 saturated heterocycles. The first kappa shape index (κ1) is 30.4. The normalized spacial score (nSPS) is 11.3. The Labute approximate surface area is 222 Å². The van der Waals surface area contributed by atoms with Crippen LogP contribution >= 0.6 is 0 Å². The van der Waals surface area contributed by atoms with Gasteiger partial charge in [-0.2, -0.15) is 0 Å². The topological polar surface area (TPSA) is 50.0 Å². The van der Waals surface area contributed by atoms with Crippen molar-refractivity contribution in [1.82, 2.24) is 9.97 Å². The third-order valence-corrected chi connectivity index (χ3v) is 7.12. The molecule has 2 aromatic heterocycles. The van der Waals surface area contributed by atoms with Gasteiger partial charge in [0.2, 0.25) is 0 Å². The molecule has 206 valence electrons. The Hall–Kier alpha value is -1.84. The molecule has 36 heavy (non-hydrogen) atoms. The van der Waals surface area contributed by atoms with E-state index in [1.54, 1.807) is 0 Å². The van der Waals surface area contributed by atoms with Gasteiger partial charge >= 0.3 is 0 Å². The van der Waals surface area contributed by atoms with Crippen LogP contribution in [0.5, 0.6) is 11.8 Å². The molecule has 0 bridgehead atoms. The second-order valence-electron chi connectivity index (χ2n) is 10.5. The van der Waals surface area contributed by atoms with Gasteiger partial charge in [0.05, 0.1) is 24.6 Å². The highest BCUT2D eigenvalue weighted by Gasteiger charge is 2.06. The lowest BCUT2D eigenvalue weighted by Crippen LogP contribution is -1.98. The molecule has 0 aliphatic carbocycles. The summed E-state index contributed by atoms with van der Waals surface area (Å²) in [5, 5.41) is 0. The van der Waals surface area contributed by atoms with E-state index in [2.05, 4.69) is 35.9 Å². The van der Waals surface area contributed by atoms with E-state index in [4.69, 9.17) is 9.47 Å². The van der Waals surface area contributed by atoms with Crippen LogP contribution in [0.1, 0.15) is 142 Å². The highest BCUT2D eigenvalue weighted by molar-refractivity contribution is 5.57. The number of hydrogen-bond acceptors (Lipinski definition) is 2. The van der Waals surface area contributed by atoms with Gasteiger partial charge in [-0.25, -0.2) is 0 Å². The molecule has 0 saturated carbocycles. The van der Waals surface area contributed by atoms with E-state index in [0.717, 1.165) is 49.2 Å². The second-order valence-corrected chi connectivity index (χ2v) is 10.5. The number of H-pyrrole nitrogens is 2. The van der Waals surface area contributed by atoms with Crippen molar-refractivity contribution in [3.8, 4) is 23.1 Å². The van der Waals surface area contributed by atoms with Crippen molar-refractivity contribution in [3.05, 3.63) is 24.3 Å². The van der Waals surface area contributed by atoms with Crippen molar-refractivity contribution in [3.63, 3.8) is 0 Å². The molecule has 4 heteroatoms. The summed E-state index contributed by atoms with van der Waals surface area (Å²) < 4.78 is 11.9. The van der Waals surface area contributed by atoms with E-state index < -0.39 is 0 Å². The summed E-state index contributed by atoms with van der Waals surface area (Å²) >= 11 is 0. The zero-order valence-corrected chi connectivity index (χ0v) is 23.7. The van der Waals surface area contributed by atoms with Crippen LogP contribution in [-0.2, 0) is 0 Å². The monoisotopic (exact) mass is 500 g/mol. The van der Waals surface area contributed by atoms with Crippen LogP contribution in [0.25, 0.3) is 11.4 Å². The van der Waals surface area contributed by atoms with Crippen molar-refractivity contribution in [2.24, 2.45) is 0 Å². The fourth-order valence-corrected chi connectivity index (χ4v) is 4.78. The summed E-state index contributed by atoms with van der Waals surface area (Å²) in [6.07, 6.45) is 26.9. The lowest BCUT2D eigenvalue weighted by Gasteiger charge is -2.05.